The molecule has 0 amide bonds. The van der Waals surface area contributed by atoms with E-state index in [4.69, 9.17) is 37.3 Å². The summed E-state index contributed by atoms with van der Waals surface area (Å²) < 4.78 is 64.5. The van der Waals surface area contributed by atoms with E-state index in [0.29, 0.717) is 25.0 Å². The summed E-state index contributed by atoms with van der Waals surface area (Å²) in [4.78, 5) is 13.8. The Bertz CT molecular complexity index is 1630. The summed E-state index contributed by atoms with van der Waals surface area (Å²) in [5.41, 5.74) is 3.10. The summed E-state index contributed by atoms with van der Waals surface area (Å²) >= 11 is 0. The molecule has 5 atom stereocenters. The number of esters is 1. The molecular weight excluding hydrogens is 695 g/mol. The molecule has 5 unspecified atom stereocenters. The van der Waals surface area contributed by atoms with Crippen molar-refractivity contribution >= 4 is 13.8 Å². The average Bonchev–Trinajstić information content (AvgIpc) is 3.19. The predicted molar refractivity (Wildman–Crippen MR) is 201 cm³/mol. The van der Waals surface area contributed by atoms with Gasteiger partial charge in [0.15, 0.2) is 6.10 Å². The molecule has 0 radical (unpaired) electrons. The van der Waals surface area contributed by atoms with Crippen LogP contribution < -0.4 is 0 Å². The molecular formula is C42H51O10P. The van der Waals surface area contributed by atoms with Crippen LogP contribution >= 0.6 is 7.82 Å². The minimum Gasteiger partial charge on any atom is -0.450 e. The molecule has 0 bridgehead atoms. The van der Waals surface area contributed by atoms with E-state index in [1.165, 1.54) is 0 Å². The third kappa shape index (κ3) is 13.0. The van der Waals surface area contributed by atoms with Crippen molar-refractivity contribution in [2.24, 2.45) is 0 Å². The standard InChI is InChI=1S/C42H51O10P/c1-3-5-27-48-53(44,49-28-6-4-2)52-42-40(51-41(43)36-25-17-10-18-26-36)39(47-31-35-23-15-9-16-24-35)38(46-30-34-21-13-8-14-22-34)37(50-42)32-45-29-33-19-11-7-12-20-33/h7-26,37-40,42H,3-6,27-32H2,1-2H3. The first-order valence-electron chi connectivity index (χ1n) is 18.4. The summed E-state index contributed by atoms with van der Waals surface area (Å²) in [6.45, 7) is 5.00. The minimum atomic E-state index is -4.24. The molecule has 1 aliphatic heterocycles. The van der Waals surface area contributed by atoms with Gasteiger partial charge >= 0.3 is 13.8 Å². The molecule has 11 heteroatoms. The highest BCUT2D eigenvalue weighted by Gasteiger charge is 2.53. The second-order valence-corrected chi connectivity index (χ2v) is 14.3. The van der Waals surface area contributed by atoms with Crippen LogP contribution in [0.15, 0.2) is 121 Å². The number of hydrogen-bond acceptors (Lipinski definition) is 10. The fourth-order valence-electron chi connectivity index (χ4n) is 5.65. The van der Waals surface area contributed by atoms with Gasteiger partial charge in [-0.3, -0.25) is 13.6 Å². The molecule has 0 spiro atoms. The molecule has 0 saturated carbocycles. The first-order chi connectivity index (χ1) is 26.0. The van der Waals surface area contributed by atoms with Crippen LogP contribution in [0.2, 0.25) is 0 Å². The Labute approximate surface area is 313 Å². The van der Waals surface area contributed by atoms with Gasteiger partial charge < -0.3 is 23.7 Å². The van der Waals surface area contributed by atoms with Crippen molar-refractivity contribution in [2.75, 3.05) is 19.8 Å². The smallest absolute Gasteiger partial charge is 0.450 e. The maximum Gasteiger partial charge on any atom is 0.477 e. The fraction of sp³-hybridized carbons (Fsp3) is 0.405. The lowest BCUT2D eigenvalue weighted by Crippen LogP contribution is -2.62. The van der Waals surface area contributed by atoms with Crippen LogP contribution in [-0.2, 0) is 61.6 Å². The van der Waals surface area contributed by atoms with Gasteiger partial charge in [-0.15, -0.1) is 0 Å². The van der Waals surface area contributed by atoms with Crippen LogP contribution in [0.3, 0.4) is 0 Å². The lowest BCUT2D eigenvalue weighted by molar-refractivity contribution is -0.302. The van der Waals surface area contributed by atoms with Crippen LogP contribution in [0.1, 0.15) is 66.6 Å². The molecule has 1 heterocycles. The third-order valence-electron chi connectivity index (χ3n) is 8.54. The lowest BCUT2D eigenvalue weighted by atomic mass is 9.98. The van der Waals surface area contributed by atoms with E-state index in [1.807, 2.05) is 111 Å². The molecule has 4 aromatic carbocycles. The third-order valence-corrected chi connectivity index (χ3v) is 10.00. The molecule has 0 aliphatic carbocycles. The van der Waals surface area contributed by atoms with E-state index >= 15 is 0 Å². The molecule has 0 N–H and O–H groups in total. The van der Waals surface area contributed by atoms with Gasteiger partial charge in [-0.05, 0) is 41.7 Å². The predicted octanol–water partition coefficient (Wildman–Crippen LogP) is 9.08. The van der Waals surface area contributed by atoms with Crippen molar-refractivity contribution in [3.63, 3.8) is 0 Å². The highest BCUT2D eigenvalue weighted by atomic mass is 31.2. The largest absolute Gasteiger partial charge is 0.477 e. The van der Waals surface area contributed by atoms with Crippen LogP contribution in [0.25, 0.3) is 0 Å². The van der Waals surface area contributed by atoms with E-state index in [0.717, 1.165) is 29.5 Å². The number of rotatable bonds is 22. The number of ether oxygens (including phenoxy) is 5. The summed E-state index contributed by atoms with van der Waals surface area (Å²) in [5, 5.41) is 0. The maximum atomic E-state index is 14.3. The molecule has 1 saturated heterocycles. The van der Waals surface area contributed by atoms with E-state index in [1.54, 1.807) is 24.3 Å². The van der Waals surface area contributed by atoms with Crippen LogP contribution in [0.4, 0.5) is 0 Å². The first-order valence-corrected chi connectivity index (χ1v) is 19.9. The highest BCUT2D eigenvalue weighted by molar-refractivity contribution is 7.48. The second-order valence-electron chi connectivity index (χ2n) is 12.7. The van der Waals surface area contributed by atoms with Crippen molar-refractivity contribution in [1.29, 1.82) is 0 Å². The Morgan fingerprint density at radius 1 is 0.623 bits per heavy atom. The Hall–Kier alpha value is -3.70. The molecule has 4 aromatic rings. The van der Waals surface area contributed by atoms with E-state index in [2.05, 4.69) is 0 Å². The summed E-state index contributed by atoms with van der Waals surface area (Å²) in [5.74, 6) is -0.643. The van der Waals surface area contributed by atoms with Crippen molar-refractivity contribution < 1.29 is 46.6 Å². The normalized spacial score (nSPS) is 20.2. The van der Waals surface area contributed by atoms with Gasteiger partial charge in [0.25, 0.3) is 0 Å². The zero-order valence-electron chi connectivity index (χ0n) is 30.5. The Balaban J connectivity index is 1.52. The maximum absolute atomic E-state index is 14.3. The minimum absolute atomic E-state index is 0.0520. The molecule has 10 nitrogen and oxygen atoms in total. The molecule has 0 aromatic heterocycles. The summed E-state index contributed by atoms with van der Waals surface area (Å²) in [7, 11) is -4.24. The number of phosphoric acid groups is 1. The Morgan fingerprint density at radius 3 is 1.60 bits per heavy atom. The van der Waals surface area contributed by atoms with Gasteiger partial charge in [0.1, 0.15) is 18.3 Å². The molecule has 284 valence electrons. The van der Waals surface area contributed by atoms with Crippen LogP contribution in [0.5, 0.6) is 0 Å². The number of phosphoric ester groups is 1. The van der Waals surface area contributed by atoms with E-state index < -0.39 is 44.5 Å². The first kappa shape index (κ1) is 40.5. The van der Waals surface area contributed by atoms with E-state index in [9.17, 15) is 9.36 Å². The quantitative estimate of drug-likeness (QED) is 0.0439. The monoisotopic (exact) mass is 746 g/mol. The van der Waals surface area contributed by atoms with Gasteiger partial charge in [0, 0.05) is 0 Å². The van der Waals surface area contributed by atoms with Crippen molar-refractivity contribution in [3.05, 3.63) is 144 Å². The number of carbonyl (C=O) groups is 1. The van der Waals surface area contributed by atoms with Gasteiger partial charge in [0.2, 0.25) is 6.29 Å². The molecule has 1 fully saturated rings. The van der Waals surface area contributed by atoms with Crippen LogP contribution in [-0.4, -0.2) is 56.5 Å². The average molecular weight is 747 g/mol. The number of unbranched alkanes of at least 4 members (excludes halogenated alkanes) is 2. The topological polar surface area (TPSA) is 108 Å². The zero-order chi connectivity index (χ0) is 37.1. The van der Waals surface area contributed by atoms with Crippen LogP contribution in [0, 0.1) is 0 Å². The van der Waals surface area contributed by atoms with Gasteiger partial charge in [-0.25, -0.2) is 9.36 Å². The summed E-state index contributed by atoms with van der Waals surface area (Å²) in [6.07, 6.45) is -2.45. The SMILES string of the molecule is CCCCOP(=O)(OCCCC)OC1OC(COCc2ccccc2)C(OCc2ccccc2)C(OCc2ccccc2)C1OC(=O)c1ccccc1. The Morgan fingerprint density at radius 2 is 1.09 bits per heavy atom. The van der Waals surface area contributed by atoms with Gasteiger partial charge in [-0.1, -0.05) is 136 Å². The molecule has 53 heavy (non-hydrogen) atoms. The molecule has 5 rings (SSSR count). The zero-order valence-corrected chi connectivity index (χ0v) is 31.4. The van der Waals surface area contributed by atoms with Gasteiger partial charge in [0.05, 0.1) is 45.2 Å². The number of carbonyl (C=O) groups excluding carboxylic acids is 1. The fourth-order valence-corrected chi connectivity index (χ4v) is 6.97. The Kier molecular flexibility index (Phi) is 16.7. The molecule has 1 aliphatic rings. The number of benzene rings is 4. The lowest BCUT2D eigenvalue weighted by Gasteiger charge is -2.45. The second kappa shape index (κ2) is 21.9. The van der Waals surface area contributed by atoms with Crippen molar-refractivity contribution in [1.82, 2.24) is 0 Å². The summed E-state index contributed by atoms with van der Waals surface area (Å²) in [6, 6.07) is 37.7. The van der Waals surface area contributed by atoms with E-state index in [-0.39, 0.29) is 33.0 Å². The van der Waals surface area contributed by atoms with Crippen molar-refractivity contribution in [2.45, 2.75) is 90.1 Å². The number of hydrogen-bond donors (Lipinski definition) is 0. The highest BCUT2D eigenvalue weighted by Crippen LogP contribution is 2.53. The van der Waals surface area contributed by atoms with Gasteiger partial charge in [-0.2, -0.15) is 0 Å². The van der Waals surface area contributed by atoms with Crippen molar-refractivity contribution in [3.8, 4) is 0 Å².